The maximum atomic E-state index is 11.8. The number of carboxylic acids is 1. The highest BCUT2D eigenvalue weighted by atomic mass is 16.4. The van der Waals surface area contributed by atoms with Crippen molar-refractivity contribution in [3.05, 3.63) is 72.1 Å². The number of nitrogens with zero attached hydrogens (tertiary/aromatic N) is 1. The van der Waals surface area contributed by atoms with Gasteiger partial charge in [-0.05, 0) is 23.3 Å². The van der Waals surface area contributed by atoms with Gasteiger partial charge in [-0.25, -0.2) is 0 Å². The Morgan fingerprint density at radius 2 is 1.85 bits per heavy atom. The summed E-state index contributed by atoms with van der Waals surface area (Å²) in [7, 11) is 2.01. The second kappa shape index (κ2) is 6.69. The van der Waals surface area contributed by atoms with Crippen LogP contribution < -0.4 is 5.32 Å². The molecule has 0 aliphatic carbocycles. The lowest BCUT2D eigenvalue weighted by molar-refractivity contribution is -0.139. The van der Waals surface area contributed by atoms with Crippen LogP contribution in [0.5, 0.6) is 0 Å². The highest BCUT2D eigenvalue weighted by Crippen LogP contribution is 2.21. The fraction of sp³-hybridized carbons (Fsp3) is 0.190. The predicted octanol–water partition coefficient (Wildman–Crippen LogP) is 3.45. The highest BCUT2D eigenvalue weighted by molar-refractivity contribution is 5.85. The summed E-state index contributed by atoms with van der Waals surface area (Å²) in [5.74, 6) is -0.837. The zero-order chi connectivity index (χ0) is 18.1. The van der Waals surface area contributed by atoms with Crippen LogP contribution in [0.1, 0.15) is 11.1 Å². The van der Waals surface area contributed by atoms with E-state index in [1.807, 2.05) is 49.6 Å². The monoisotopic (exact) mass is 347 g/mol. The number of benzene rings is 2. The summed E-state index contributed by atoms with van der Waals surface area (Å²) < 4.78 is 2.07. The van der Waals surface area contributed by atoms with Crippen LogP contribution in [0, 0.1) is 0 Å². The Morgan fingerprint density at radius 1 is 1.12 bits per heavy atom. The van der Waals surface area contributed by atoms with Crippen LogP contribution in [0.15, 0.2) is 60.9 Å². The van der Waals surface area contributed by atoms with E-state index in [1.54, 1.807) is 0 Å². The Balaban J connectivity index is 1.55. The molecule has 2 aromatic heterocycles. The van der Waals surface area contributed by atoms with Gasteiger partial charge < -0.3 is 14.7 Å². The lowest BCUT2D eigenvalue weighted by atomic mass is 10.0. The first-order valence-electron chi connectivity index (χ1n) is 8.67. The molecule has 2 aromatic carbocycles. The summed E-state index contributed by atoms with van der Waals surface area (Å²) in [6.45, 7) is 0.515. The van der Waals surface area contributed by atoms with E-state index in [1.165, 1.54) is 0 Å². The molecule has 3 N–H and O–H groups in total. The zero-order valence-electron chi connectivity index (χ0n) is 14.6. The fourth-order valence-corrected chi connectivity index (χ4v) is 3.57. The van der Waals surface area contributed by atoms with Crippen molar-refractivity contribution in [2.24, 2.45) is 7.05 Å². The first kappa shape index (κ1) is 16.4. The second-order valence-electron chi connectivity index (χ2n) is 6.62. The average Bonchev–Trinajstić information content (AvgIpc) is 3.20. The number of rotatable bonds is 6. The van der Waals surface area contributed by atoms with Crippen molar-refractivity contribution in [2.75, 3.05) is 0 Å². The lowest BCUT2D eigenvalue weighted by Crippen LogP contribution is -2.38. The van der Waals surface area contributed by atoms with Crippen LogP contribution in [0.3, 0.4) is 0 Å². The molecular formula is C21H21N3O2. The number of aryl methyl sites for hydroxylation is 1. The van der Waals surface area contributed by atoms with Gasteiger partial charge in [-0.15, -0.1) is 0 Å². The minimum absolute atomic E-state index is 0.435. The number of para-hydroxylation sites is 2. The van der Waals surface area contributed by atoms with Crippen LogP contribution in [0.4, 0.5) is 0 Å². The van der Waals surface area contributed by atoms with Gasteiger partial charge in [0.1, 0.15) is 6.04 Å². The molecule has 2 heterocycles. The molecule has 132 valence electrons. The Labute approximate surface area is 151 Å². The van der Waals surface area contributed by atoms with Gasteiger partial charge in [0, 0.05) is 54.2 Å². The van der Waals surface area contributed by atoms with E-state index >= 15 is 0 Å². The highest BCUT2D eigenvalue weighted by Gasteiger charge is 2.20. The number of hydrogen-bond acceptors (Lipinski definition) is 2. The van der Waals surface area contributed by atoms with E-state index in [9.17, 15) is 9.90 Å². The Bertz CT molecular complexity index is 1080. The summed E-state index contributed by atoms with van der Waals surface area (Å²) in [5, 5.41) is 15.1. The summed E-state index contributed by atoms with van der Waals surface area (Å²) in [6.07, 6.45) is 4.40. The van der Waals surface area contributed by atoms with Crippen LogP contribution in [-0.4, -0.2) is 26.7 Å². The molecule has 1 atom stereocenters. The average molecular weight is 347 g/mol. The molecule has 0 saturated heterocycles. The smallest absolute Gasteiger partial charge is 0.321 e. The van der Waals surface area contributed by atoms with Gasteiger partial charge in [0.25, 0.3) is 0 Å². The Morgan fingerprint density at radius 3 is 2.65 bits per heavy atom. The third kappa shape index (κ3) is 2.97. The molecule has 4 aromatic rings. The third-order valence-corrected chi connectivity index (χ3v) is 4.92. The Hall–Kier alpha value is -3.05. The Kier molecular flexibility index (Phi) is 4.22. The molecule has 5 nitrogen and oxygen atoms in total. The molecular weight excluding hydrogens is 326 g/mol. The SMILES string of the molecule is Cn1cc(CN[C@@H](Cc2c[nH]c3ccccc23)C(=O)O)c2ccccc21. The van der Waals surface area contributed by atoms with Gasteiger partial charge in [0.2, 0.25) is 0 Å². The lowest BCUT2D eigenvalue weighted by Gasteiger charge is -2.14. The van der Waals surface area contributed by atoms with E-state index in [0.717, 1.165) is 32.9 Å². The molecule has 5 heteroatoms. The summed E-state index contributed by atoms with van der Waals surface area (Å²) >= 11 is 0. The molecule has 26 heavy (non-hydrogen) atoms. The number of aromatic amines is 1. The van der Waals surface area contributed by atoms with Crippen molar-refractivity contribution in [2.45, 2.75) is 19.0 Å². The molecule has 0 aliphatic heterocycles. The van der Waals surface area contributed by atoms with E-state index in [4.69, 9.17) is 0 Å². The van der Waals surface area contributed by atoms with Crippen LogP contribution in [0.25, 0.3) is 21.8 Å². The predicted molar refractivity (Wildman–Crippen MR) is 103 cm³/mol. The summed E-state index contributed by atoms with van der Waals surface area (Å²) in [4.78, 5) is 15.0. The fourth-order valence-electron chi connectivity index (χ4n) is 3.57. The minimum atomic E-state index is -0.837. The summed E-state index contributed by atoms with van der Waals surface area (Å²) in [6, 6.07) is 15.5. The van der Waals surface area contributed by atoms with Crippen LogP contribution in [-0.2, 0) is 24.8 Å². The molecule has 0 saturated carbocycles. The van der Waals surface area contributed by atoms with E-state index in [-0.39, 0.29) is 0 Å². The number of hydrogen-bond donors (Lipinski definition) is 3. The van der Waals surface area contributed by atoms with Crippen molar-refractivity contribution in [1.82, 2.24) is 14.9 Å². The molecule has 0 amide bonds. The number of fused-ring (bicyclic) bond motifs is 2. The van der Waals surface area contributed by atoms with E-state index in [0.29, 0.717) is 13.0 Å². The van der Waals surface area contributed by atoms with E-state index < -0.39 is 12.0 Å². The largest absolute Gasteiger partial charge is 0.480 e. The molecule has 0 radical (unpaired) electrons. The third-order valence-electron chi connectivity index (χ3n) is 4.92. The molecule has 0 spiro atoms. The topological polar surface area (TPSA) is 70.0 Å². The number of aliphatic carboxylic acids is 1. The van der Waals surface area contributed by atoms with Crippen LogP contribution >= 0.6 is 0 Å². The molecule has 0 fully saturated rings. The van der Waals surface area contributed by atoms with Gasteiger partial charge in [-0.3, -0.25) is 10.1 Å². The summed E-state index contributed by atoms with van der Waals surface area (Å²) in [5.41, 5.74) is 4.29. The standard InChI is InChI=1S/C21H21N3O2/c1-24-13-15(17-7-3-5-9-20(17)24)12-23-19(21(25)26)10-14-11-22-18-8-4-2-6-16(14)18/h2-9,11,13,19,22-23H,10,12H2,1H3,(H,25,26)/t19-/m0/s1. The van der Waals surface area contributed by atoms with Gasteiger partial charge in [-0.2, -0.15) is 0 Å². The molecule has 4 rings (SSSR count). The normalized spacial score (nSPS) is 12.7. The number of aromatic nitrogens is 2. The quantitative estimate of drug-likeness (QED) is 0.500. The van der Waals surface area contributed by atoms with Gasteiger partial charge in [0.05, 0.1) is 0 Å². The maximum Gasteiger partial charge on any atom is 0.321 e. The van der Waals surface area contributed by atoms with Gasteiger partial charge in [-0.1, -0.05) is 36.4 Å². The van der Waals surface area contributed by atoms with E-state index in [2.05, 4.69) is 33.2 Å². The van der Waals surface area contributed by atoms with Crippen molar-refractivity contribution >= 4 is 27.8 Å². The number of carbonyl (C=O) groups is 1. The number of H-pyrrole nitrogens is 1. The van der Waals surface area contributed by atoms with Crippen molar-refractivity contribution in [3.8, 4) is 0 Å². The number of carboxylic acid groups (broad SMARTS) is 1. The first-order chi connectivity index (χ1) is 12.6. The zero-order valence-corrected chi connectivity index (χ0v) is 14.6. The van der Waals surface area contributed by atoms with Gasteiger partial charge >= 0.3 is 5.97 Å². The van der Waals surface area contributed by atoms with Gasteiger partial charge in [0.15, 0.2) is 0 Å². The maximum absolute atomic E-state index is 11.8. The van der Waals surface area contributed by atoms with Crippen molar-refractivity contribution in [3.63, 3.8) is 0 Å². The van der Waals surface area contributed by atoms with Crippen molar-refractivity contribution in [1.29, 1.82) is 0 Å². The first-order valence-corrected chi connectivity index (χ1v) is 8.67. The van der Waals surface area contributed by atoms with Crippen molar-refractivity contribution < 1.29 is 9.90 Å². The minimum Gasteiger partial charge on any atom is -0.480 e. The van der Waals surface area contributed by atoms with Crippen LogP contribution in [0.2, 0.25) is 0 Å². The molecule has 0 bridgehead atoms. The number of nitrogens with one attached hydrogen (secondary N) is 2. The second-order valence-corrected chi connectivity index (χ2v) is 6.62. The molecule has 0 aliphatic rings. The molecule has 0 unspecified atom stereocenters.